The fraction of sp³-hybridized carbons (Fsp3) is 0.500. The average molecular weight is 232 g/mol. The van der Waals surface area contributed by atoms with Gasteiger partial charge < -0.3 is 9.74 Å². The summed E-state index contributed by atoms with van der Waals surface area (Å²) in [6.45, 7) is 2.20. The predicted molar refractivity (Wildman–Crippen MR) is 70.4 cm³/mol. The van der Waals surface area contributed by atoms with E-state index in [-0.39, 0.29) is 5.41 Å². The fourth-order valence-electron chi connectivity index (χ4n) is 2.43. The van der Waals surface area contributed by atoms with Crippen molar-refractivity contribution < 1.29 is 4.84 Å². The van der Waals surface area contributed by atoms with E-state index in [1.54, 1.807) is 7.11 Å². The van der Waals surface area contributed by atoms with Crippen LogP contribution in [0.1, 0.15) is 18.4 Å². The second kappa shape index (κ2) is 5.32. The Bertz CT molecular complexity index is 367. The molecule has 17 heavy (non-hydrogen) atoms. The lowest BCUT2D eigenvalue weighted by Crippen LogP contribution is -2.42. The lowest BCUT2D eigenvalue weighted by Gasteiger charge is -2.38. The van der Waals surface area contributed by atoms with Crippen molar-refractivity contribution >= 4 is 6.21 Å². The zero-order chi connectivity index (χ0) is 12.1. The summed E-state index contributed by atoms with van der Waals surface area (Å²) in [5, 5.41) is 4.03. The van der Waals surface area contributed by atoms with E-state index < -0.39 is 0 Å². The van der Waals surface area contributed by atoms with Crippen LogP contribution in [-0.2, 0) is 10.3 Å². The largest absolute Gasteiger partial charge is 0.399 e. The number of rotatable bonds is 3. The molecule has 1 heterocycles. The van der Waals surface area contributed by atoms with Gasteiger partial charge in [0.25, 0.3) is 0 Å². The van der Waals surface area contributed by atoms with Gasteiger partial charge in [-0.05, 0) is 38.5 Å². The third-order valence-corrected chi connectivity index (χ3v) is 3.63. The Morgan fingerprint density at radius 3 is 2.47 bits per heavy atom. The fourth-order valence-corrected chi connectivity index (χ4v) is 2.43. The Morgan fingerprint density at radius 2 is 1.88 bits per heavy atom. The van der Waals surface area contributed by atoms with Crippen molar-refractivity contribution in [1.82, 2.24) is 4.90 Å². The van der Waals surface area contributed by atoms with Crippen LogP contribution < -0.4 is 0 Å². The Hall–Kier alpha value is -1.35. The van der Waals surface area contributed by atoms with Crippen molar-refractivity contribution in [3.8, 4) is 0 Å². The number of piperidine rings is 1. The molecule has 1 aromatic rings. The van der Waals surface area contributed by atoms with E-state index in [0.717, 1.165) is 25.9 Å². The van der Waals surface area contributed by atoms with Gasteiger partial charge in [0, 0.05) is 5.41 Å². The third kappa shape index (κ3) is 2.67. The highest BCUT2D eigenvalue weighted by atomic mass is 16.6. The molecule has 0 aliphatic carbocycles. The van der Waals surface area contributed by atoms with Gasteiger partial charge in [-0.2, -0.15) is 0 Å². The van der Waals surface area contributed by atoms with Crippen molar-refractivity contribution in [2.24, 2.45) is 5.16 Å². The highest BCUT2D eigenvalue weighted by Gasteiger charge is 2.34. The monoisotopic (exact) mass is 232 g/mol. The van der Waals surface area contributed by atoms with Crippen molar-refractivity contribution in [1.29, 1.82) is 0 Å². The number of benzene rings is 1. The van der Waals surface area contributed by atoms with Crippen LogP contribution in [0.2, 0.25) is 0 Å². The highest BCUT2D eigenvalue weighted by Crippen LogP contribution is 2.33. The minimum Gasteiger partial charge on any atom is -0.399 e. The van der Waals surface area contributed by atoms with Crippen LogP contribution in [-0.4, -0.2) is 38.4 Å². The minimum atomic E-state index is 0.0454. The van der Waals surface area contributed by atoms with Gasteiger partial charge in [-0.3, -0.25) is 0 Å². The molecule has 0 radical (unpaired) electrons. The maximum atomic E-state index is 4.87. The van der Waals surface area contributed by atoms with E-state index in [0.29, 0.717) is 0 Å². The highest BCUT2D eigenvalue weighted by molar-refractivity contribution is 5.73. The molecule has 0 spiro atoms. The maximum absolute atomic E-state index is 4.87. The van der Waals surface area contributed by atoms with Gasteiger partial charge in [-0.25, -0.2) is 0 Å². The molecular weight excluding hydrogens is 212 g/mol. The first kappa shape index (κ1) is 12.1. The molecule has 0 saturated carbocycles. The minimum absolute atomic E-state index is 0.0454. The van der Waals surface area contributed by atoms with Gasteiger partial charge >= 0.3 is 0 Å². The molecule has 2 rings (SSSR count). The zero-order valence-corrected chi connectivity index (χ0v) is 10.6. The summed E-state index contributed by atoms with van der Waals surface area (Å²) in [5.74, 6) is 0. The molecule has 0 aromatic heterocycles. The van der Waals surface area contributed by atoms with Crippen LogP contribution in [0.5, 0.6) is 0 Å². The van der Waals surface area contributed by atoms with Gasteiger partial charge in [0.1, 0.15) is 7.11 Å². The average Bonchev–Trinajstić information content (AvgIpc) is 2.40. The molecule has 0 N–H and O–H groups in total. The summed E-state index contributed by atoms with van der Waals surface area (Å²) >= 11 is 0. The van der Waals surface area contributed by atoms with E-state index >= 15 is 0 Å². The molecule has 1 fully saturated rings. The summed E-state index contributed by atoms with van der Waals surface area (Å²) in [7, 11) is 3.77. The summed E-state index contributed by atoms with van der Waals surface area (Å²) in [4.78, 5) is 7.24. The Kier molecular flexibility index (Phi) is 3.79. The first-order valence-electron chi connectivity index (χ1n) is 6.09. The Morgan fingerprint density at radius 1 is 1.24 bits per heavy atom. The Labute approximate surface area is 103 Å². The van der Waals surface area contributed by atoms with E-state index in [1.807, 2.05) is 6.21 Å². The predicted octanol–water partition coefficient (Wildman–Crippen LogP) is 2.28. The molecule has 1 aromatic carbocycles. The molecule has 3 nitrogen and oxygen atoms in total. The molecule has 1 saturated heterocycles. The van der Waals surface area contributed by atoms with Gasteiger partial charge in [0.05, 0.1) is 6.21 Å². The normalized spacial score (nSPS) is 20.6. The molecule has 0 unspecified atom stereocenters. The Balaban J connectivity index is 2.28. The summed E-state index contributed by atoms with van der Waals surface area (Å²) in [5.41, 5.74) is 1.39. The lowest BCUT2D eigenvalue weighted by atomic mass is 9.74. The summed E-state index contributed by atoms with van der Waals surface area (Å²) in [6, 6.07) is 10.6. The van der Waals surface area contributed by atoms with Crippen LogP contribution in [0.4, 0.5) is 0 Å². The van der Waals surface area contributed by atoms with Crippen LogP contribution >= 0.6 is 0 Å². The first-order valence-corrected chi connectivity index (χ1v) is 6.09. The third-order valence-electron chi connectivity index (χ3n) is 3.63. The SMILES string of the molecule is CO/N=C/C1(c2ccccc2)CCN(C)CC1. The summed E-state index contributed by atoms with van der Waals surface area (Å²) in [6.07, 6.45) is 4.18. The van der Waals surface area contributed by atoms with Gasteiger partial charge in [0.15, 0.2) is 0 Å². The number of hydrogen-bond acceptors (Lipinski definition) is 3. The standard InChI is InChI=1S/C14H20N2O/c1-16-10-8-14(9-11-16,12-15-17-2)13-6-4-3-5-7-13/h3-7,12H,8-11H2,1-2H3/b15-12+. The van der Waals surface area contributed by atoms with Crippen molar-refractivity contribution in [3.05, 3.63) is 35.9 Å². The lowest BCUT2D eigenvalue weighted by molar-refractivity contribution is 0.200. The van der Waals surface area contributed by atoms with Crippen molar-refractivity contribution in [3.63, 3.8) is 0 Å². The topological polar surface area (TPSA) is 24.8 Å². The van der Waals surface area contributed by atoms with Crippen LogP contribution in [0.15, 0.2) is 35.5 Å². The van der Waals surface area contributed by atoms with Gasteiger partial charge in [-0.1, -0.05) is 35.5 Å². The molecule has 0 amide bonds. The van der Waals surface area contributed by atoms with E-state index in [9.17, 15) is 0 Å². The molecule has 1 aliphatic rings. The van der Waals surface area contributed by atoms with Crippen molar-refractivity contribution in [2.45, 2.75) is 18.3 Å². The molecule has 92 valence electrons. The number of likely N-dealkylation sites (tertiary alicyclic amines) is 1. The van der Waals surface area contributed by atoms with E-state index in [2.05, 4.69) is 47.4 Å². The van der Waals surface area contributed by atoms with Gasteiger partial charge in [-0.15, -0.1) is 0 Å². The molecule has 0 atom stereocenters. The number of hydrogen-bond donors (Lipinski definition) is 0. The second-order valence-electron chi connectivity index (χ2n) is 4.74. The maximum Gasteiger partial charge on any atom is 0.106 e. The van der Waals surface area contributed by atoms with Crippen LogP contribution in [0.25, 0.3) is 0 Å². The molecule has 3 heteroatoms. The van der Waals surface area contributed by atoms with Crippen LogP contribution in [0, 0.1) is 0 Å². The molecular formula is C14H20N2O. The molecule has 0 bridgehead atoms. The quantitative estimate of drug-likeness (QED) is 0.590. The second-order valence-corrected chi connectivity index (χ2v) is 4.74. The van der Waals surface area contributed by atoms with E-state index in [4.69, 9.17) is 4.84 Å². The first-order chi connectivity index (χ1) is 8.27. The number of nitrogens with zero attached hydrogens (tertiary/aromatic N) is 2. The van der Waals surface area contributed by atoms with E-state index in [1.165, 1.54) is 5.56 Å². The van der Waals surface area contributed by atoms with Crippen LogP contribution in [0.3, 0.4) is 0 Å². The smallest absolute Gasteiger partial charge is 0.106 e. The summed E-state index contributed by atoms with van der Waals surface area (Å²) < 4.78 is 0. The van der Waals surface area contributed by atoms with Crippen molar-refractivity contribution in [2.75, 3.05) is 27.2 Å². The van der Waals surface area contributed by atoms with Gasteiger partial charge in [0.2, 0.25) is 0 Å². The number of oxime groups is 1. The molecule has 1 aliphatic heterocycles. The zero-order valence-electron chi connectivity index (χ0n) is 10.6.